The van der Waals surface area contributed by atoms with Gasteiger partial charge in [0.25, 0.3) is 0 Å². The van der Waals surface area contributed by atoms with Crippen molar-refractivity contribution in [3.8, 4) is 0 Å². The lowest BCUT2D eigenvalue weighted by Crippen LogP contribution is -2.35. The van der Waals surface area contributed by atoms with E-state index in [1.165, 1.54) is 0 Å². The summed E-state index contributed by atoms with van der Waals surface area (Å²) in [6.07, 6.45) is 3.81. The molecular formula is C18H26Cl2N4O2. The number of carbonyl (C=O) groups excluding carboxylic acids is 1. The van der Waals surface area contributed by atoms with E-state index in [1.54, 1.807) is 0 Å². The minimum Gasteiger partial charge on any atom is -0.392 e. The zero-order valence-electron chi connectivity index (χ0n) is 14.9. The van der Waals surface area contributed by atoms with Crippen LogP contribution in [0.5, 0.6) is 0 Å². The maximum absolute atomic E-state index is 12.2. The summed E-state index contributed by atoms with van der Waals surface area (Å²) >= 11 is 0. The lowest BCUT2D eigenvalue weighted by molar-refractivity contribution is -0.117. The number of β-amino-alcohol motifs (C(OH)–C–C–N with tert-alkyl or cyclic N) is 1. The zero-order chi connectivity index (χ0) is 17.1. The number of nitrogens with one attached hydrogen (secondary N) is 2. The number of aliphatic hydroxyl groups is 1. The largest absolute Gasteiger partial charge is 0.392 e. The molecule has 1 fully saturated rings. The Balaban J connectivity index is 0.00000169. The second-order valence-electron chi connectivity index (χ2n) is 6.61. The van der Waals surface area contributed by atoms with Crippen molar-refractivity contribution in [3.05, 3.63) is 48.0 Å². The average molecular weight is 401 g/mol. The monoisotopic (exact) mass is 400 g/mol. The summed E-state index contributed by atoms with van der Waals surface area (Å²) in [5.41, 5.74) is 1.87. The lowest BCUT2D eigenvalue weighted by Gasteiger charge is -2.13. The summed E-state index contributed by atoms with van der Waals surface area (Å²) in [4.78, 5) is 16.6. The Bertz CT molecular complexity index is 721. The Morgan fingerprint density at radius 3 is 2.85 bits per heavy atom. The van der Waals surface area contributed by atoms with Crippen molar-refractivity contribution in [1.82, 2.24) is 14.9 Å². The smallest absolute Gasteiger partial charge is 0.241 e. The Kier molecular flexibility index (Phi) is 8.56. The summed E-state index contributed by atoms with van der Waals surface area (Å²) in [6.45, 7) is 5.44. The van der Waals surface area contributed by atoms with Gasteiger partial charge in [-0.25, -0.2) is 4.98 Å². The molecule has 0 bridgehead atoms. The fraction of sp³-hybridized carbons (Fsp3) is 0.444. The molecule has 1 aromatic carbocycles. The van der Waals surface area contributed by atoms with Gasteiger partial charge in [0.2, 0.25) is 5.91 Å². The van der Waals surface area contributed by atoms with Crippen LogP contribution >= 0.6 is 24.8 Å². The maximum Gasteiger partial charge on any atom is 0.241 e. The Morgan fingerprint density at radius 2 is 2.19 bits per heavy atom. The number of nitrogens with zero attached hydrogens (tertiary/aromatic N) is 2. The molecule has 2 aromatic rings. The summed E-state index contributed by atoms with van der Waals surface area (Å²) in [7, 11) is 0. The van der Waals surface area contributed by atoms with E-state index in [0.29, 0.717) is 18.9 Å². The number of hydrogen-bond donors (Lipinski definition) is 3. The number of hydrogen-bond acceptors (Lipinski definition) is 4. The number of rotatable bonds is 5. The van der Waals surface area contributed by atoms with Crippen molar-refractivity contribution >= 4 is 36.4 Å². The number of amides is 1. The standard InChI is InChI=1S/C18H24N4O2.2ClH/c1-12(2)17-19-6-7-22(17)11-13-4-3-5-14(8-13)21-18(24)16-9-15(23)10-20-16;;/h3-8,12,15-16,20,23H,9-11H2,1-2H3,(H,21,24);2*1H. The molecule has 3 N–H and O–H groups in total. The number of anilines is 1. The van der Waals surface area contributed by atoms with Crippen LogP contribution in [0.3, 0.4) is 0 Å². The first-order valence-corrected chi connectivity index (χ1v) is 8.35. The highest BCUT2D eigenvalue weighted by molar-refractivity contribution is 5.95. The fourth-order valence-electron chi connectivity index (χ4n) is 3.05. The molecule has 0 aliphatic carbocycles. The van der Waals surface area contributed by atoms with Crippen molar-refractivity contribution in [2.75, 3.05) is 11.9 Å². The van der Waals surface area contributed by atoms with Gasteiger partial charge in [0.15, 0.2) is 0 Å². The van der Waals surface area contributed by atoms with E-state index in [9.17, 15) is 9.90 Å². The van der Waals surface area contributed by atoms with Crippen molar-refractivity contribution < 1.29 is 9.90 Å². The van der Waals surface area contributed by atoms with Crippen molar-refractivity contribution in [1.29, 1.82) is 0 Å². The molecule has 2 heterocycles. The molecule has 1 aliphatic rings. The van der Waals surface area contributed by atoms with Crippen LogP contribution in [0.15, 0.2) is 36.7 Å². The van der Waals surface area contributed by atoms with E-state index in [4.69, 9.17) is 0 Å². The van der Waals surface area contributed by atoms with Gasteiger partial charge in [-0.1, -0.05) is 26.0 Å². The maximum atomic E-state index is 12.2. The second-order valence-corrected chi connectivity index (χ2v) is 6.61. The Labute approximate surface area is 166 Å². The highest BCUT2D eigenvalue weighted by atomic mass is 35.5. The number of imidazole rings is 1. The van der Waals surface area contributed by atoms with Gasteiger partial charge in [0.1, 0.15) is 5.82 Å². The van der Waals surface area contributed by atoms with Crippen LogP contribution in [-0.4, -0.2) is 39.3 Å². The molecule has 2 atom stereocenters. The van der Waals surface area contributed by atoms with Crippen LogP contribution in [0.4, 0.5) is 5.69 Å². The number of aromatic nitrogens is 2. The van der Waals surface area contributed by atoms with Gasteiger partial charge in [0, 0.05) is 37.1 Å². The highest BCUT2D eigenvalue weighted by Gasteiger charge is 2.27. The van der Waals surface area contributed by atoms with Crippen LogP contribution in [0.2, 0.25) is 0 Å². The van der Waals surface area contributed by atoms with Gasteiger partial charge < -0.3 is 20.3 Å². The van der Waals surface area contributed by atoms with Crippen molar-refractivity contribution in [2.45, 2.75) is 44.9 Å². The molecule has 8 heteroatoms. The first kappa shape index (κ1) is 22.4. The quantitative estimate of drug-likeness (QED) is 0.720. The van der Waals surface area contributed by atoms with Crippen LogP contribution < -0.4 is 10.6 Å². The van der Waals surface area contributed by atoms with Gasteiger partial charge >= 0.3 is 0 Å². The SMILES string of the molecule is CC(C)c1nccn1Cc1cccc(NC(=O)C2CC(O)CN2)c1.Cl.Cl. The molecule has 1 amide bonds. The average Bonchev–Trinajstić information content (AvgIpc) is 3.16. The third-order valence-electron chi connectivity index (χ3n) is 4.24. The second kappa shape index (κ2) is 9.92. The van der Waals surface area contributed by atoms with E-state index >= 15 is 0 Å². The fourth-order valence-corrected chi connectivity index (χ4v) is 3.05. The molecule has 26 heavy (non-hydrogen) atoms. The molecule has 0 radical (unpaired) electrons. The van der Waals surface area contributed by atoms with Crippen LogP contribution in [0.1, 0.15) is 37.6 Å². The molecule has 3 rings (SSSR count). The Hall–Kier alpha value is -1.60. The van der Waals surface area contributed by atoms with Crippen LogP contribution in [-0.2, 0) is 11.3 Å². The molecule has 6 nitrogen and oxygen atoms in total. The molecule has 1 aliphatic heterocycles. The molecule has 0 saturated carbocycles. The molecule has 2 unspecified atom stereocenters. The van der Waals surface area contributed by atoms with E-state index in [1.807, 2.05) is 36.7 Å². The van der Waals surface area contributed by atoms with Crippen molar-refractivity contribution in [3.63, 3.8) is 0 Å². The van der Waals surface area contributed by atoms with E-state index < -0.39 is 6.10 Å². The first-order valence-electron chi connectivity index (χ1n) is 8.35. The topological polar surface area (TPSA) is 79.2 Å². The van der Waals surface area contributed by atoms with Crippen LogP contribution in [0, 0.1) is 0 Å². The molecule has 1 aromatic heterocycles. The minimum atomic E-state index is -0.442. The molecule has 1 saturated heterocycles. The predicted octanol–water partition coefficient (Wildman–Crippen LogP) is 2.56. The summed E-state index contributed by atoms with van der Waals surface area (Å²) in [5, 5.41) is 15.5. The predicted molar refractivity (Wildman–Crippen MR) is 107 cm³/mol. The number of benzene rings is 1. The van der Waals surface area contributed by atoms with E-state index in [0.717, 1.165) is 23.6 Å². The third-order valence-corrected chi connectivity index (χ3v) is 4.24. The molecule has 0 spiro atoms. The highest BCUT2D eigenvalue weighted by Crippen LogP contribution is 2.17. The van der Waals surface area contributed by atoms with Gasteiger partial charge in [-0.05, 0) is 24.1 Å². The summed E-state index contributed by atoms with van der Waals surface area (Å²) in [5.74, 6) is 1.31. The van der Waals surface area contributed by atoms with E-state index in [-0.39, 0.29) is 36.8 Å². The number of halogens is 2. The molecular weight excluding hydrogens is 375 g/mol. The number of carbonyl (C=O) groups is 1. The van der Waals surface area contributed by atoms with E-state index in [2.05, 4.69) is 34.0 Å². The van der Waals surface area contributed by atoms with Crippen molar-refractivity contribution in [2.24, 2.45) is 0 Å². The third kappa shape index (κ3) is 5.45. The van der Waals surface area contributed by atoms with Gasteiger partial charge in [-0.2, -0.15) is 0 Å². The normalized spacial score (nSPS) is 18.9. The minimum absolute atomic E-state index is 0. The zero-order valence-corrected chi connectivity index (χ0v) is 16.5. The first-order chi connectivity index (χ1) is 11.5. The van der Waals surface area contributed by atoms with Crippen LogP contribution in [0.25, 0.3) is 0 Å². The lowest BCUT2D eigenvalue weighted by atomic mass is 10.1. The molecule has 144 valence electrons. The van der Waals surface area contributed by atoms with Gasteiger partial charge in [-0.3, -0.25) is 4.79 Å². The number of aliphatic hydroxyl groups excluding tert-OH is 1. The summed E-state index contributed by atoms with van der Waals surface area (Å²) < 4.78 is 2.13. The summed E-state index contributed by atoms with van der Waals surface area (Å²) in [6, 6.07) is 7.51. The Morgan fingerprint density at radius 1 is 1.42 bits per heavy atom. The van der Waals surface area contributed by atoms with Gasteiger partial charge in [-0.15, -0.1) is 24.8 Å². The van der Waals surface area contributed by atoms with Gasteiger partial charge in [0.05, 0.1) is 12.1 Å².